The number of nitro benzene ring substituents is 1. The summed E-state index contributed by atoms with van der Waals surface area (Å²) in [7, 11) is 1.59. The van der Waals surface area contributed by atoms with E-state index in [4.69, 9.17) is 14.2 Å². The van der Waals surface area contributed by atoms with Gasteiger partial charge in [0.2, 0.25) is 0 Å². The van der Waals surface area contributed by atoms with Crippen LogP contribution in [0.4, 0.5) is 17.2 Å². The Hall–Kier alpha value is -3.46. The lowest BCUT2D eigenvalue weighted by Crippen LogP contribution is -2.16. The molecule has 1 atom stereocenters. The normalized spacial score (nSPS) is 16.1. The van der Waals surface area contributed by atoms with E-state index in [0.717, 1.165) is 11.4 Å². The summed E-state index contributed by atoms with van der Waals surface area (Å²) < 4.78 is 16.2. The molecule has 9 nitrogen and oxygen atoms in total. The molecule has 1 aliphatic rings. The highest BCUT2D eigenvalue weighted by Gasteiger charge is 2.24. The molecule has 0 aliphatic carbocycles. The number of nitrogens with zero attached hydrogens (tertiary/aromatic N) is 3. The maximum Gasteiger partial charge on any atom is 0.311 e. The summed E-state index contributed by atoms with van der Waals surface area (Å²) >= 11 is 0. The SMILES string of the molecule is COc1ccc(Nc2ncnc3cc(OC4CCOC4)c([N+](=O)[O-])cc23)cc1. The van der Waals surface area contributed by atoms with Gasteiger partial charge in [0.25, 0.3) is 0 Å². The average molecular weight is 382 g/mol. The molecule has 28 heavy (non-hydrogen) atoms. The van der Waals surface area contributed by atoms with Gasteiger partial charge in [-0.2, -0.15) is 0 Å². The van der Waals surface area contributed by atoms with Crippen LogP contribution < -0.4 is 14.8 Å². The third-order valence-corrected chi connectivity index (χ3v) is 4.45. The molecule has 0 spiro atoms. The van der Waals surface area contributed by atoms with Crippen LogP contribution in [0.3, 0.4) is 0 Å². The van der Waals surface area contributed by atoms with E-state index in [1.807, 2.05) is 24.3 Å². The van der Waals surface area contributed by atoms with E-state index in [1.54, 1.807) is 13.2 Å². The Bertz CT molecular complexity index is 1000. The van der Waals surface area contributed by atoms with Gasteiger partial charge >= 0.3 is 5.69 Å². The summed E-state index contributed by atoms with van der Waals surface area (Å²) in [5.74, 6) is 1.38. The monoisotopic (exact) mass is 382 g/mol. The van der Waals surface area contributed by atoms with Crippen molar-refractivity contribution in [3.8, 4) is 11.5 Å². The van der Waals surface area contributed by atoms with Gasteiger partial charge < -0.3 is 19.5 Å². The third-order valence-electron chi connectivity index (χ3n) is 4.45. The average Bonchev–Trinajstić information content (AvgIpc) is 3.21. The van der Waals surface area contributed by atoms with E-state index in [2.05, 4.69) is 15.3 Å². The van der Waals surface area contributed by atoms with Crippen molar-refractivity contribution in [2.45, 2.75) is 12.5 Å². The zero-order valence-electron chi connectivity index (χ0n) is 15.1. The van der Waals surface area contributed by atoms with Crippen LogP contribution >= 0.6 is 0 Å². The van der Waals surface area contributed by atoms with Crippen LogP contribution in [-0.2, 0) is 4.74 Å². The number of nitrogens with one attached hydrogen (secondary N) is 1. The van der Waals surface area contributed by atoms with Gasteiger partial charge in [-0.1, -0.05) is 0 Å². The Kier molecular flexibility index (Phi) is 4.90. The molecule has 1 N–H and O–H groups in total. The number of fused-ring (bicyclic) bond motifs is 1. The first-order chi connectivity index (χ1) is 13.6. The van der Waals surface area contributed by atoms with Crippen molar-refractivity contribution >= 4 is 28.1 Å². The Morgan fingerprint density at radius 3 is 2.75 bits per heavy atom. The minimum atomic E-state index is -0.464. The minimum absolute atomic E-state index is 0.132. The standard InChI is InChI=1S/C19H18N4O5/c1-26-13-4-2-12(3-5-13)22-19-15-8-17(23(24)25)18(9-16(15)20-11-21-19)28-14-6-7-27-10-14/h2-5,8-9,11,14H,6-7,10H2,1H3,(H,20,21,22). The van der Waals surface area contributed by atoms with Crippen molar-refractivity contribution in [3.05, 3.63) is 52.8 Å². The van der Waals surface area contributed by atoms with Gasteiger partial charge in [-0.05, 0) is 24.3 Å². The van der Waals surface area contributed by atoms with Crippen molar-refractivity contribution in [2.75, 3.05) is 25.6 Å². The number of ether oxygens (including phenoxy) is 3. The van der Waals surface area contributed by atoms with Gasteiger partial charge in [0.15, 0.2) is 5.75 Å². The second-order valence-corrected chi connectivity index (χ2v) is 6.27. The number of methoxy groups -OCH3 is 1. The van der Waals surface area contributed by atoms with Crippen molar-refractivity contribution in [2.24, 2.45) is 0 Å². The zero-order chi connectivity index (χ0) is 19.5. The largest absolute Gasteiger partial charge is 0.497 e. The van der Waals surface area contributed by atoms with Crippen molar-refractivity contribution in [3.63, 3.8) is 0 Å². The molecule has 1 fully saturated rings. The number of hydrogen-bond donors (Lipinski definition) is 1. The van der Waals surface area contributed by atoms with Crippen LogP contribution in [0.1, 0.15) is 6.42 Å². The number of anilines is 2. The van der Waals surface area contributed by atoms with Crippen molar-refractivity contribution in [1.29, 1.82) is 0 Å². The van der Waals surface area contributed by atoms with E-state index in [-0.39, 0.29) is 17.5 Å². The predicted octanol–water partition coefficient (Wildman–Crippen LogP) is 3.46. The predicted molar refractivity (Wildman–Crippen MR) is 102 cm³/mol. The molecule has 1 unspecified atom stereocenters. The fraction of sp³-hybridized carbons (Fsp3) is 0.263. The second-order valence-electron chi connectivity index (χ2n) is 6.27. The van der Waals surface area contributed by atoms with Gasteiger partial charge in [0, 0.05) is 24.2 Å². The van der Waals surface area contributed by atoms with Crippen LogP contribution in [0.15, 0.2) is 42.7 Å². The Balaban J connectivity index is 1.71. The summed E-state index contributed by atoms with van der Waals surface area (Å²) in [6.07, 6.45) is 1.90. The molecule has 0 saturated carbocycles. The molecular formula is C19H18N4O5. The fourth-order valence-corrected chi connectivity index (χ4v) is 3.01. The van der Waals surface area contributed by atoms with E-state index < -0.39 is 4.92 Å². The van der Waals surface area contributed by atoms with Crippen LogP contribution in [0.2, 0.25) is 0 Å². The lowest BCUT2D eigenvalue weighted by molar-refractivity contribution is -0.385. The van der Waals surface area contributed by atoms with Gasteiger partial charge in [-0.15, -0.1) is 0 Å². The van der Waals surface area contributed by atoms with Gasteiger partial charge in [-0.3, -0.25) is 10.1 Å². The van der Waals surface area contributed by atoms with E-state index >= 15 is 0 Å². The molecule has 144 valence electrons. The molecule has 9 heteroatoms. The molecule has 3 aromatic rings. The molecular weight excluding hydrogens is 364 g/mol. The van der Waals surface area contributed by atoms with Crippen LogP contribution in [-0.4, -0.2) is 41.3 Å². The summed E-state index contributed by atoms with van der Waals surface area (Å²) in [6, 6.07) is 10.3. The summed E-state index contributed by atoms with van der Waals surface area (Å²) in [5.41, 5.74) is 1.18. The zero-order valence-corrected chi connectivity index (χ0v) is 15.1. The first-order valence-electron chi connectivity index (χ1n) is 8.72. The highest BCUT2D eigenvalue weighted by atomic mass is 16.6. The van der Waals surface area contributed by atoms with Crippen LogP contribution in [0.25, 0.3) is 10.9 Å². The van der Waals surface area contributed by atoms with E-state index in [9.17, 15) is 10.1 Å². The number of nitro groups is 1. The molecule has 1 aliphatic heterocycles. The summed E-state index contributed by atoms with van der Waals surface area (Å²) in [4.78, 5) is 19.6. The Morgan fingerprint density at radius 2 is 2.07 bits per heavy atom. The van der Waals surface area contributed by atoms with Crippen LogP contribution in [0.5, 0.6) is 11.5 Å². The highest BCUT2D eigenvalue weighted by molar-refractivity contribution is 5.93. The van der Waals surface area contributed by atoms with Crippen molar-refractivity contribution < 1.29 is 19.1 Å². The third kappa shape index (κ3) is 3.65. The smallest absolute Gasteiger partial charge is 0.311 e. The minimum Gasteiger partial charge on any atom is -0.497 e. The molecule has 0 amide bonds. The fourth-order valence-electron chi connectivity index (χ4n) is 3.01. The molecule has 1 saturated heterocycles. The van der Waals surface area contributed by atoms with Gasteiger partial charge in [-0.25, -0.2) is 9.97 Å². The lowest BCUT2D eigenvalue weighted by atomic mass is 10.2. The van der Waals surface area contributed by atoms with E-state index in [0.29, 0.717) is 36.4 Å². The maximum atomic E-state index is 11.6. The number of rotatable bonds is 6. The molecule has 4 rings (SSSR count). The first kappa shape index (κ1) is 17.9. The number of aromatic nitrogens is 2. The first-order valence-corrected chi connectivity index (χ1v) is 8.72. The van der Waals surface area contributed by atoms with Gasteiger partial charge in [0.1, 0.15) is 24.0 Å². The quantitative estimate of drug-likeness (QED) is 0.510. The number of benzene rings is 2. The summed E-state index contributed by atoms with van der Waals surface area (Å²) in [5, 5.41) is 15.3. The Labute approximate surface area is 160 Å². The molecule has 0 bridgehead atoms. The number of hydrogen-bond acceptors (Lipinski definition) is 8. The molecule has 0 radical (unpaired) electrons. The molecule has 2 aromatic carbocycles. The highest BCUT2D eigenvalue weighted by Crippen LogP contribution is 2.35. The molecule has 1 aromatic heterocycles. The lowest BCUT2D eigenvalue weighted by Gasteiger charge is -2.14. The van der Waals surface area contributed by atoms with Gasteiger partial charge in [0.05, 0.1) is 36.1 Å². The van der Waals surface area contributed by atoms with Crippen molar-refractivity contribution in [1.82, 2.24) is 9.97 Å². The maximum absolute atomic E-state index is 11.6. The molecule has 2 heterocycles. The van der Waals surface area contributed by atoms with E-state index in [1.165, 1.54) is 12.4 Å². The Morgan fingerprint density at radius 1 is 1.25 bits per heavy atom. The second kappa shape index (κ2) is 7.65. The topological polar surface area (TPSA) is 109 Å². The van der Waals surface area contributed by atoms with Crippen LogP contribution in [0, 0.1) is 10.1 Å². The summed E-state index contributed by atoms with van der Waals surface area (Å²) in [6.45, 7) is 1.01.